The average molecular weight is 759 g/mol. The fraction of sp³-hybridized carbons (Fsp3) is 0.317. The molecule has 6 aromatic rings. The quantitative estimate of drug-likeness (QED) is 0.184. The van der Waals surface area contributed by atoms with Gasteiger partial charge in [0.15, 0.2) is 5.65 Å². The lowest BCUT2D eigenvalue weighted by Crippen LogP contribution is -2.68. The van der Waals surface area contributed by atoms with E-state index in [9.17, 15) is 23.2 Å². The number of hydrogen-bond donors (Lipinski definition) is 1. The number of phenols is 1. The number of anilines is 1. The summed E-state index contributed by atoms with van der Waals surface area (Å²) in [7, 11) is -4.15. The molecule has 4 aliphatic rings. The highest BCUT2D eigenvalue weighted by molar-refractivity contribution is 7.90. The molecule has 0 radical (unpaired) electrons. The number of phenolic OH excluding ortho intramolecular Hbond substituents is 1. The van der Waals surface area contributed by atoms with Crippen molar-refractivity contribution in [2.75, 3.05) is 31.2 Å². The zero-order valence-electron chi connectivity index (χ0n) is 30.2. The van der Waals surface area contributed by atoms with Crippen LogP contribution >= 0.6 is 0 Å². The third kappa shape index (κ3) is 6.41. The highest BCUT2D eigenvalue weighted by Crippen LogP contribution is 2.40. The molecule has 0 saturated carbocycles. The van der Waals surface area contributed by atoms with E-state index in [1.807, 2.05) is 29.9 Å². The SMILES string of the molecule is Cc1ccc(S(=O)(=O)n2c(-c3cnn(CC4CCOCC4)c3)cc3c(-c4ccc(N5CC6CC(C5)N6Cc5cc(F)ccc5O)nc4)c(C#N)cnc32)cc1. The summed E-state index contributed by atoms with van der Waals surface area (Å²) in [6.45, 7) is 5.97. The fourth-order valence-corrected chi connectivity index (χ4v) is 9.78. The lowest BCUT2D eigenvalue weighted by Gasteiger charge is -2.56. The van der Waals surface area contributed by atoms with Crippen LogP contribution in [-0.2, 0) is 27.8 Å². The van der Waals surface area contributed by atoms with Crippen LogP contribution in [-0.4, -0.2) is 80.5 Å². The second-order valence-corrected chi connectivity index (χ2v) is 16.6. The molecule has 4 aromatic heterocycles. The summed E-state index contributed by atoms with van der Waals surface area (Å²) in [6.07, 6.45) is 9.60. The second-order valence-electron chi connectivity index (χ2n) is 14.8. The lowest BCUT2D eigenvalue weighted by molar-refractivity contribution is -0.00921. The molecule has 2 bridgehead atoms. The molecule has 4 saturated heterocycles. The molecule has 0 spiro atoms. The Morgan fingerprint density at radius 1 is 0.964 bits per heavy atom. The molecule has 2 aromatic carbocycles. The number of aromatic nitrogens is 5. The van der Waals surface area contributed by atoms with Crippen LogP contribution in [0.2, 0.25) is 0 Å². The maximum Gasteiger partial charge on any atom is 0.269 e. The lowest BCUT2D eigenvalue weighted by atomic mass is 9.86. The molecule has 4 aliphatic heterocycles. The fourth-order valence-electron chi connectivity index (χ4n) is 8.30. The molecule has 12 nitrogen and oxygen atoms in total. The van der Waals surface area contributed by atoms with E-state index in [0.29, 0.717) is 57.9 Å². The summed E-state index contributed by atoms with van der Waals surface area (Å²) in [5, 5.41) is 25.7. The largest absolute Gasteiger partial charge is 0.508 e. The number of aromatic hydroxyl groups is 1. The number of piperazine rings is 1. The van der Waals surface area contributed by atoms with Crippen LogP contribution < -0.4 is 4.90 Å². The minimum Gasteiger partial charge on any atom is -0.508 e. The van der Waals surface area contributed by atoms with Gasteiger partial charge in [0.1, 0.15) is 23.5 Å². The first kappa shape index (κ1) is 35.1. The van der Waals surface area contributed by atoms with Crippen molar-refractivity contribution in [2.24, 2.45) is 5.92 Å². The smallest absolute Gasteiger partial charge is 0.269 e. The predicted octanol–water partition coefficient (Wildman–Crippen LogP) is 6.11. The number of benzene rings is 2. The van der Waals surface area contributed by atoms with E-state index in [2.05, 4.69) is 26.0 Å². The van der Waals surface area contributed by atoms with Gasteiger partial charge in [0.05, 0.1) is 22.3 Å². The molecule has 4 fully saturated rings. The first-order chi connectivity index (χ1) is 26.7. The Balaban J connectivity index is 1.06. The summed E-state index contributed by atoms with van der Waals surface area (Å²) in [5.74, 6) is 0.925. The first-order valence-corrected chi connectivity index (χ1v) is 19.9. The van der Waals surface area contributed by atoms with Gasteiger partial charge < -0.3 is 14.7 Å². The van der Waals surface area contributed by atoms with Crippen molar-refractivity contribution in [3.05, 3.63) is 108 Å². The van der Waals surface area contributed by atoms with Crippen LogP contribution in [0.25, 0.3) is 33.4 Å². The molecule has 0 aliphatic carbocycles. The Morgan fingerprint density at radius 2 is 1.75 bits per heavy atom. The van der Waals surface area contributed by atoms with Crippen LogP contribution in [0.4, 0.5) is 10.2 Å². The van der Waals surface area contributed by atoms with Crippen molar-refractivity contribution in [1.82, 2.24) is 28.6 Å². The summed E-state index contributed by atoms with van der Waals surface area (Å²) in [4.78, 5) is 14.1. The van der Waals surface area contributed by atoms with E-state index in [-0.39, 0.29) is 34.2 Å². The molecule has 10 rings (SSSR count). The Bertz CT molecular complexity index is 2550. The van der Waals surface area contributed by atoms with Crippen molar-refractivity contribution >= 4 is 26.9 Å². The number of halogens is 1. The number of fused-ring (bicyclic) bond motifs is 3. The zero-order chi connectivity index (χ0) is 37.8. The van der Waals surface area contributed by atoms with Crippen molar-refractivity contribution in [2.45, 2.75) is 56.3 Å². The second kappa shape index (κ2) is 13.9. The number of hydrogen-bond acceptors (Lipinski definition) is 10. The molecule has 8 heterocycles. The first-order valence-electron chi connectivity index (χ1n) is 18.5. The molecule has 55 heavy (non-hydrogen) atoms. The van der Waals surface area contributed by atoms with Crippen molar-refractivity contribution in [3.63, 3.8) is 0 Å². The van der Waals surface area contributed by atoms with Crippen LogP contribution in [0.3, 0.4) is 0 Å². The monoisotopic (exact) mass is 758 g/mol. The van der Waals surface area contributed by atoms with Crippen LogP contribution in [0.1, 0.15) is 36.0 Å². The summed E-state index contributed by atoms with van der Waals surface area (Å²) in [6, 6.07) is 19.1. The minimum atomic E-state index is -4.15. The topological polar surface area (TPSA) is 142 Å². The number of nitriles is 1. The molecule has 1 N–H and O–H groups in total. The zero-order valence-corrected chi connectivity index (χ0v) is 31.0. The Morgan fingerprint density at radius 3 is 2.47 bits per heavy atom. The van der Waals surface area contributed by atoms with Gasteiger partial charge in [-0.2, -0.15) is 10.4 Å². The molecular weight excluding hydrogens is 720 g/mol. The Hall–Kier alpha value is -5.62. The van der Waals surface area contributed by atoms with Crippen LogP contribution in [0, 0.1) is 30.0 Å². The third-order valence-corrected chi connectivity index (χ3v) is 13.0. The van der Waals surface area contributed by atoms with E-state index < -0.39 is 10.0 Å². The van der Waals surface area contributed by atoms with E-state index in [4.69, 9.17) is 9.72 Å². The van der Waals surface area contributed by atoms with Gasteiger partial charge in [-0.1, -0.05) is 17.7 Å². The van der Waals surface area contributed by atoms with Crippen molar-refractivity contribution < 1.29 is 22.7 Å². The van der Waals surface area contributed by atoms with Gasteiger partial charge >= 0.3 is 0 Å². The number of pyridine rings is 2. The molecule has 2 unspecified atom stereocenters. The average Bonchev–Trinajstić information content (AvgIpc) is 3.83. The highest BCUT2D eigenvalue weighted by atomic mass is 32.2. The van der Waals surface area contributed by atoms with E-state index >= 15 is 0 Å². The molecule has 2 atom stereocenters. The summed E-state index contributed by atoms with van der Waals surface area (Å²) >= 11 is 0. The number of rotatable bonds is 9. The van der Waals surface area contributed by atoms with Gasteiger partial charge in [-0.15, -0.1) is 0 Å². The van der Waals surface area contributed by atoms with Gasteiger partial charge in [-0.3, -0.25) is 9.58 Å². The maximum absolute atomic E-state index is 14.5. The van der Waals surface area contributed by atoms with Crippen LogP contribution in [0.5, 0.6) is 5.75 Å². The summed E-state index contributed by atoms with van der Waals surface area (Å²) in [5.41, 5.74) is 4.22. The van der Waals surface area contributed by atoms with Gasteiger partial charge in [-0.05, 0) is 80.6 Å². The molecule has 280 valence electrons. The third-order valence-electron chi connectivity index (χ3n) is 11.3. The van der Waals surface area contributed by atoms with E-state index in [1.54, 1.807) is 42.7 Å². The Labute approximate surface area is 318 Å². The normalized spacial score (nSPS) is 19.0. The van der Waals surface area contributed by atoms with E-state index in [1.165, 1.54) is 28.4 Å². The van der Waals surface area contributed by atoms with Gasteiger partial charge in [0, 0.05) is 97.7 Å². The van der Waals surface area contributed by atoms with Crippen molar-refractivity contribution in [1.29, 1.82) is 5.26 Å². The molecular formula is C41H39FN8O4S. The molecule has 0 amide bonds. The van der Waals surface area contributed by atoms with Gasteiger partial charge in [0.2, 0.25) is 0 Å². The number of nitrogens with zero attached hydrogens (tertiary/aromatic N) is 8. The standard InChI is InChI=1S/C41H39FN8O4S/c1-26-2-6-35(7-3-26)55(52,53)50-37(31-20-46-48(22-31)21-27-10-12-54-13-11-27)16-36-40(30(17-43)19-45-41(36)50)28-4-9-39(44-18-28)47-24-33-15-34(25-47)49(33)23-29-14-32(42)5-8-38(29)51/h2-9,14,16,18-20,22,27,33-34,51H,10-13,15,21,23-25H2,1H3. The Kier molecular flexibility index (Phi) is 8.87. The van der Waals surface area contributed by atoms with Crippen molar-refractivity contribution in [3.8, 4) is 34.2 Å². The molecule has 14 heteroatoms. The predicted molar refractivity (Wildman–Crippen MR) is 204 cm³/mol. The number of ether oxygens (including phenoxy) is 1. The van der Waals surface area contributed by atoms with E-state index in [0.717, 1.165) is 56.9 Å². The van der Waals surface area contributed by atoms with Gasteiger partial charge in [0.25, 0.3) is 10.0 Å². The number of aryl methyl sites for hydroxylation is 1. The highest BCUT2D eigenvalue weighted by Gasteiger charge is 2.45. The van der Waals surface area contributed by atoms with Crippen LogP contribution in [0.15, 0.2) is 90.3 Å². The summed E-state index contributed by atoms with van der Waals surface area (Å²) < 4.78 is 51.6. The minimum absolute atomic E-state index is 0.0957. The maximum atomic E-state index is 14.5. The number of piperidine rings is 1. The van der Waals surface area contributed by atoms with Gasteiger partial charge in [-0.25, -0.2) is 26.7 Å².